The van der Waals surface area contributed by atoms with Crippen LogP contribution in [0.4, 0.5) is 11.4 Å². The SMILES string of the molecule is Cc1ccc(NOCCCCCCCC=C=O)cc1NOCCCCCCCC=C=O. The van der Waals surface area contributed by atoms with Gasteiger partial charge in [0.2, 0.25) is 0 Å². The number of allylic oxidation sites excluding steroid dienone is 2. The van der Waals surface area contributed by atoms with Crippen LogP contribution in [0, 0.1) is 6.92 Å². The summed E-state index contributed by atoms with van der Waals surface area (Å²) in [6, 6.07) is 6.00. The fourth-order valence-corrected chi connectivity index (χ4v) is 3.08. The molecule has 0 aliphatic heterocycles. The molecule has 1 rings (SSSR count). The van der Waals surface area contributed by atoms with Crippen molar-refractivity contribution in [1.29, 1.82) is 0 Å². The van der Waals surface area contributed by atoms with Crippen LogP contribution >= 0.6 is 0 Å². The number of hydrogen-bond donors (Lipinski definition) is 2. The second kappa shape index (κ2) is 19.6. The fraction of sp³-hybridized carbons (Fsp3) is 0.600. The highest BCUT2D eigenvalue weighted by atomic mass is 16.6. The second-order valence-corrected chi connectivity index (χ2v) is 7.69. The lowest BCUT2D eigenvalue weighted by Crippen LogP contribution is -2.06. The van der Waals surface area contributed by atoms with E-state index in [1.165, 1.54) is 0 Å². The molecule has 0 atom stereocenters. The first kappa shape index (κ1) is 26.7. The summed E-state index contributed by atoms with van der Waals surface area (Å²) >= 11 is 0. The molecule has 1 aromatic carbocycles. The van der Waals surface area contributed by atoms with Crippen molar-refractivity contribution in [1.82, 2.24) is 0 Å². The fourth-order valence-electron chi connectivity index (χ4n) is 3.08. The highest BCUT2D eigenvalue weighted by molar-refractivity contribution is 5.59. The number of rotatable bonds is 20. The third-order valence-corrected chi connectivity index (χ3v) is 4.97. The Kier molecular flexibility index (Phi) is 16.9. The average Bonchev–Trinajstić information content (AvgIpc) is 2.78. The molecule has 0 aromatic heterocycles. The normalized spacial score (nSPS) is 10.2. The summed E-state index contributed by atoms with van der Waals surface area (Å²) in [5, 5.41) is 0. The van der Waals surface area contributed by atoms with Gasteiger partial charge in [0.1, 0.15) is 11.9 Å². The van der Waals surface area contributed by atoms with Gasteiger partial charge in [0.25, 0.3) is 0 Å². The van der Waals surface area contributed by atoms with E-state index in [-0.39, 0.29) is 0 Å². The van der Waals surface area contributed by atoms with E-state index in [0.29, 0.717) is 13.2 Å². The summed E-state index contributed by atoms with van der Waals surface area (Å²) < 4.78 is 0. The van der Waals surface area contributed by atoms with E-state index in [0.717, 1.165) is 94.0 Å². The van der Waals surface area contributed by atoms with Gasteiger partial charge in [-0.15, -0.1) is 0 Å². The van der Waals surface area contributed by atoms with E-state index >= 15 is 0 Å². The van der Waals surface area contributed by atoms with Crippen molar-refractivity contribution in [2.24, 2.45) is 0 Å². The lowest BCUT2D eigenvalue weighted by Gasteiger charge is -2.13. The van der Waals surface area contributed by atoms with Crippen LogP contribution < -0.4 is 11.0 Å². The molecule has 172 valence electrons. The van der Waals surface area contributed by atoms with E-state index in [1.54, 1.807) is 12.2 Å². The topological polar surface area (TPSA) is 76.7 Å². The maximum atomic E-state index is 10.1. The molecule has 0 aliphatic rings. The Hall–Kier alpha value is -2.36. The van der Waals surface area contributed by atoms with Crippen molar-refractivity contribution in [3.05, 3.63) is 35.9 Å². The molecule has 6 heteroatoms. The molecule has 1 aromatic rings. The van der Waals surface area contributed by atoms with Gasteiger partial charge in [-0.1, -0.05) is 44.6 Å². The van der Waals surface area contributed by atoms with Crippen LogP contribution in [-0.4, -0.2) is 25.1 Å². The molecule has 31 heavy (non-hydrogen) atoms. The summed E-state index contributed by atoms with van der Waals surface area (Å²) in [6.07, 6.45) is 15.7. The van der Waals surface area contributed by atoms with Crippen molar-refractivity contribution in [3.8, 4) is 0 Å². The Morgan fingerprint density at radius 3 is 1.84 bits per heavy atom. The number of nitrogens with one attached hydrogen (secondary N) is 2. The Morgan fingerprint density at radius 2 is 1.26 bits per heavy atom. The molecule has 2 N–H and O–H groups in total. The number of aryl methyl sites for hydroxylation is 1. The zero-order valence-electron chi connectivity index (χ0n) is 18.9. The molecular formula is C25H38N2O4. The Labute approximate surface area is 187 Å². The van der Waals surface area contributed by atoms with Gasteiger partial charge in [0, 0.05) is 0 Å². The molecule has 0 bridgehead atoms. The van der Waals surface area contributed by atoms with Crippen LogP contribution in [0.5, 0.6) is 0 Å². The van der Waals surface area contributed by atoms with Gasteiger partial charge in [-0.2, -0.15) is 0 Å². The van der Waals surface area contributed by atoms with Gasteiger partial charge in [-0.05, 0) is 75.3 Å². The van der Waals surface area contributed by atoms with E-state index in [4.69, 9.17) is 9.68 Å². The van der Waals surface area contributed by atoms with Gasteiger partial charge < -0.3 is 0 Å². The molecule has 0 heterocycles. The lowest BCUT2D eigenvalue weighted by atomic mass is 10.1. The van der Waals surface area contributed by atoms with Gasteiger partial charge in [0.15, 0.2) is 0 Å². The van der Waals surface area contributed by atoms with Crippen molar-refractivity contribution >= 4 is 23.3 Å². The van der Waals surface area contributed by atoms with Crippen LogP contribution in [0.15, 0.2) is 30.4 Å². The van der Waals surface area contributed by atoms with Gasteiger partial charge >= 0.3 is 0 Å². The molecule has 0 unspecified atom stereocenters. The molecular weight excluding hydrogens is 392 g/mol. The van der Waals surface area contributed by atoms with Gasteiger partial charge in [-0.3, -0.25) is 20.6 Å². The van der Waals surface area contributed by atoms with Gasteiger partial charge in [0.05, 0.1) is 24.6 Å². The zero-order valence-corrected chi connectivity index (χ0v) is 18.9. The van der Waals surface area contributed by atoms with Crippen LogP contribution in [0.2, 0.25) is 0 Å². The maximum Gasteiger partial charge on any atom is 0.120 e. The summed E-state index contributed by atoms with van der Waals surface area (Å²) in [5.41, 5.74) is 8.97. The molecule has 0 saturated carbocycles. The highest BCUT2D eigenvalue weighted by Crippen LogP contribution is 2.20. The van der Waals surface area contributed by atoms with Crippen molar-refractivity contribution < 1.29 is 19.3 Å². The molecule has 0 aliphatic carbocycles. The zero-order chi connectivity index (χ0) is 22.4. The Bertz CT molecular complexity index is 680. The van der Waals surface area contributed by atoms with Crippen LogP contribution in [0.3, 0.4) is 0 Å². The number of carbonyl (C=O) groups excluding carboxylic acids is 2. The third kappa shape index (κ3) is 15.1. The maximum absolute atomic E-state index is 10.1. The first-order valence-electron chi connectivity index (χ1n) is 11.5. The first-order chi connectivity index (χ1) is 15.3. The largest absolute Gasteiger partial charge is 0.276 e. The minimum Gasteiger partial charge on any atom is -0.276 e. The predicted molar refractivity (Wildman–Crippen MR) is 126 cm³/mol. The minimum absolute atomic E-state index is 0.660. The molecule has 6 nitrogen and oxygen atoms in total. The van der Waals surface area contributed by atoms with Crippen molar-refractivity contribution in [2.75, 3.05) is 24.2 Å². The monoisotopic (exact) mass is 430 g/mol. The number of hydrogen-bond acceptors (Lipinski definition) is 6. The summed E-state index contributed by atoms with van der Waals surface area (Å²) in [5.74, 6) is 3.63. The number of anilines is 2. The van der Waals surface area contributed by atoms with Crippen LogP contribution in [0.25, 0.3) is 0 Å². The lowest BCUT2D eigenvalue weighted by molar-refractivity contribution is 0.185. The average molecular weight is 431 g/mol. The van der Waals surface area contributed by atoms with E-state index < -0.39 is 0 Å². The summed E-state index contributed by atoms with van der Waals surface area (Å²) in [6.45, 7) is 3.36. The van der Waals surface area contributed by atoms with E-state index in [2.05, 4.69) is 11.0 Å². The van der Waals surface area contributed by atoms with E-state index in [9.17, 15) is 9.59 Å². The molecule has 0 spiro atoms. The smallest absolute Gasteiger partial charge is 0.120 e. The quantitative estimate of drug-likeness (QED) is 0.147. The second-order valence-electron chi connectivity index (χ2n) is 7.69. The predicted octanol–water partition coefficient (Wildman–Crippen LogP) is 6.14. The molecule has 0 saturated heterocycles. The molecule has 0 fully saturated rings. The molecule has 0 amide bonds. The van der Waals surface area contributed by atoms with E-state index in [1.807, 2.05) is 37.0 Å². The minimum atomic E-state index is 0.660. The summed E-state index contributed by atoms with van der Waals surface area (Å²) in [7, 11) is 0. The number of benzene rings is 1. The van der Waals surface area contributed by atoms with Crippen LogP contribution in [0.1, 0.15) is 82.6 Å². The first-order valence-corrected chi connectivity index (χ1v) is 11.5. The molecule has 0 radical (unpaired) electrons. The standard InChI is InChI=1S/C25H38N2O4/c1-23-16-17-24(26-30-20-14-10-6-2-4-8-12-18-28)22-25(23)27-31-21-15-11-7-3-5-9-13-19-29/h12-13,16-17,22,26-27H,2-11,14-15,20-21H2,1H3. The van der Waals surface area contributed by atoms with Crippen molar-refractivity contribution in [3.63, 3.8) is 0 Å². The Balaban J connectivity index is 2.09. The van der Waals surface area contributed by atoms with Gasteiger partial charge in [-0.25, -0.2) is 9.59 Å². The third-order valence-electron chi connectivity index (χ3n) is 4.97. The highest BCUT2D eigenvalue weighted by Gasteiger charge is 2.01. The number of unbranched alkanes of at least 4 members (excludes halogenated alkanes) is 10. The Morgan fingerprint density at radius 1 is 0.742 bits per heavy atom. The van der Waals surface area contributed by atoms with Crippen LogP contribution in [-0.2, 0) is 19.3 Å². The summed E-state index contributed by atoms with van der Waals surface area (Å²) in [4.78, 5) is 31.3. The van der Waals surface area contributed by atoms with Crippen molar-refractivity contribution in [2.45, 2.75) is 84.0 Å².